The normalized spacial score (nSPS) is 10.2. The molecule has 0 fully saturated rings. The van der Waals surface area contributed by atoms with E-state index in [1.54, 1.807) is 0 Å². The highest BCUT2D eigenvalue weighted by atomic mass is 16.5. The molecular weight excluding hydrogens is 300 g/mol. The van der Waals surface area contributed by atoms with E-state index in [2.05, 4.69) is 30.8 Å². The van der Waals surface area contributed by atoms with Crippen molar-refractivity contribution in [1.29, 1.82) is 0 Å². The van der Waals surface area contributed by atoms with Gasteiger partial charge in [-0.2, -0.15) is 0 Å². The summed E-state index contributed by atoms with van der Waals surface area (Å²) in [6, 6.07) is 18.5. The molecule has 0 aliphatic carbocycles. The van der Waals surface area contributed by atoms with Gasteiger partial charge in [-0.15, -0.1) is 0 Å². The molecule has 0 spiro atoms. The lowest BCUT2D eigenvalue weighted by Crippen LogP contribution is -2.02. The predicted molar refractivity (Wildman–Crippen MR) is 97.0 cm³/mol. The first-order valence-corrected chi connectivity index (χ1v) is 8.37. The van der Waals surface area contributed by atoms with E-state index in [0.717, 1.165) is 31.4 Å². The van der Waals surface area contributed by atoms with Crippen molar-refractivity contribution in [1.82, 2.24) is 0 Å². The fourth-order valence-electron chi connectivity index (χ4n) is 2.35. The maximum absolute atomic E-state index is 10.9. The van der Waals surface area contributed by atoms with Crippen molar-refractivity contribution >= 4 is 5.97 Å². The predicted octanol–water partition coefficient (Wildman–Crippen LogP) is 5.02. The van der Waals surface area contributed by atoms with Gasteiger partial charge in [-0.05, 0) is 48.9 Å². The first kappa shape index (κ1) is 17.8. The molecule has 0 saturated carbocycles. The summed E-state index contributed by atoms with van der Waals surface area (Å²) in [5.74, 6) is 0.548. The molecule has 0 atom stereocenters. The van der Waals surface area contributed by atoms with Crippen LogP contribution in [-0.4, -0.2) is 19.2 Å². The first-order valence-electron chi connectivity index (χ1n) is 8.37. The fourth-order valence-corrected chi connectivity index (χ4v) is 2.35. The van der Waals surface area contributed by atoms with Crippen molar-refractivity contribution in [3.05, 3.63) is 67.3 Å². The maximum atomic E-state index is 10.9. The second kappa shape index (κ2) is 10.3. The van der Waals surface area contributed by atoms with Crippen LogP contribution in [0.5, 0.6) is 5.75 Å². The zero-order chi connectivity index (χ0) is 17.0. The van der Waals surface area contributed by atoms with E-state index in [1.807, 2.05) is 30.3 Å². The van der Waals surface area contributed by atoms with E-state index in [0.29, 0.717) is 13.2 Å². The van der Waals surface area contributed by atoms with Gasteiger partial charge in [0.25, 0.3) is 0 Å². The van der Waals surface area contributed by atoms with Gasteiger partial charge in [0.05, 0.1) is 13.2 Å². The molecule has 126 valence electrons. The number of carbonyl (C=O) groups is 1. The average molecular weight is 324 g/mol. The number of ether oxygens (including phenoxy) is 2. The third-order valence-electron chi connectivity index (χ3n) is 3.68. The monoisotopic (exact) mass is 324 g/mol. The van der Waals surface area contributed by atoms with Crippen molar-refractivity contribution in [3.8, 4) is 16.9 Å². The molecule has 2 rings (SSSR count). The summed E-state index contributed by atoms with van der Waals surface area (Å²) in [5.41, 5.74) is 2.40. The number of carbonyl (C=O) groups excluding carboxylic acids is 1. The maximum Gasteiger partial charge on any atom is 0.330 e. The molecule has 0 bridgehead atoms. The van der Waals surface area contributed by atoms with E-state index in [1.165, 1.54) is 17.2 Å². The molecule has 3 heteroatoms. The van der Waals surface area contributed by atoms with Crippen molar-refractivity contribution in [2.75, 3.05) is 13.2 Å². The second-order valence-electron chi connectivity index (χ2n) is 5.52. The Morgan fingerprint density at radius 3 is 2.12 bits per heavy atom. The smallest absolute Gasteiger partial charge is 0.330 e. The summed E-state index contributed by atoms with van der Waals surface area (Å²) in [7, 11) is 0. The quantitative estimate of drug-likeness (QED) is 0.350. The zero-order valence-electron chi connectivity index (χ0n) is 13.9. The van der Waals surface area contributed by atoms with Gasteiger partial charge in [0.1, 0.15) is 5.75 Å². The van der Waals surface area contributed by atoms with Crippen molar-refractivity contribution in [2.45, 2.75) is 25.7 Å². The molecule has 0 N–H and O–H groups in total. The number of benzene rings is 2. The average Bonchev–Trinajstić information content (AvgIpc) is 2.65. The molecule has 0 unspecified atom stereocenters. The number of hydrogen-bond acceptors (Lipinski definition) is 3. The molecule has 0 saturated heterocycles. The molecule has 2 aromatic carbocycles. The highest BCUT2D eigenvalue weighted by Crippen LogP contribution is 2.22. The molecule has 0 aromatic heterocycles. The molecule has 24 heavy (non-hydrogen) atoms. The van der Waals surface area contributed by atoms with Crippen LogP contribution in [-0.2, 0) is 9.53 Å². The molecule has 0 heterocycles. The number of unbranched alkanes of at least 4 members (excludes halogenated alkanes) is 3. The molecule has 0 aliphatic rings. The Balaban J connectivity index is 1.60. The minimum absolute atomic E-state index is 0.350. The van der Waals surface area contributed by atoms with Gasteiger partial charge < -0.3 is 9.47 Å². The molecule has 2 aromatic rings. The van der Waals surface area contributed by atoms with Gasteiger partial charge in [-0.25, -0.2) is 4.79 Å². The number of rotatable bonds is 10. The third kappa shape index (κ3) is 6.29. The van der Waals surface area contributed by atoms with Crippen LogP contribution < -0.4 is 4.74 Å². The van der Waals surface area contributed by atoms with Crippen molar-refractivity contribution in [3.63, 3.8) is 0 Å². The summed E-state index contributed by atoms with van der Waals surface area (Å²) in [5, 5.41) is 0. The van der Waals surface area contributed by atoms with E-state index in [9.17, 15) is 4.79 Å². The summed E-state index contributed by atoms with van der Waals surface area (Å²) in [6.07, 6.45) is 5.16. The highest BCUT2D eigenvalue weighted by molar-refractivity contribution is 5.81. The molecule has 0 aliphatic heterocycles. The zero-order valence-corrected chi connectivity index (χ0v) is 13.9. The van der Waals surface area contributed by atoms with E-state index < -0.39 is 0 Å². The summed E-state index contributed by atoms with van der Waals surface area (Å²) < 4.78 is 10.7. The number of hydrogen-bond donors (Lipinski definition) is 0. The fraction of sp³-hybridized carbons (Fsp3) is 0.286. The lowest BCUT2D eigenvalue weighted by Gasteiger charge is -2.07. The van der Waals surface area contributed by atoms with E-state index >= 15 is 0 Å². The van der Waals surface area contributed by atoms with Crippen LogP contribution in [0, 0.1) is 0 Å². The van der Waals surface area contributed by atoms with Crippen molar-refractivity contribution in [2.24, 2.45) is 0 Å². The van der Waals surface area contributed by atoms with Crippen molar-refractivity contribution < 1.29 is 14.3 Å². The molecule has 0 amide bonds. The Hall–Kier alpha value is -2.55. The third-order valence-corrected chi connectivity index (χ3v) is 3.68. The van der Waals surface area contributed by atoms with Crippen LogP contribution in [0.25, 0.3) is 11.1 Å². The Labute approximate surface area is 143 Å². The van der Waals surface area contributed by atoms with E-state index in [4.69, 9.17) is 9.47 Å². The van der Waals surface area contributed by atoms with Crippen LogP contribution >= 0.6 is 0 Å². The van der Waals surface area contributed by atoms with Crippen LogP contribution in [0.15, 0.2) is 67.3 Å². The largest absolute Gasteiger partial charge is 0.494 e. The van der Waals surface area contributed by atoms with Gasteiger partial charge >= 0.3 is 5.97 Å². The highest BCUT2D eigenvalue weighted by Gasteiger charge is 1.99. The minimum Gasteiger partial charge on any atom is -0.494 e. The van der Waals surface area contributed by atoms with Gasteiger partial charge in [0.2, 0.25) is 0 Å². The van der Waals surface area contributed by atoms with Gasteiger partial charge in [0, 0.05) is 6.08 Å². The Morgan fingerprint density at radius 2 is 1.46 bits per heavy atom. The molecule has 0 radical (unpaired) electrons. The molecular formula is C21H24O3. The second-order valence-corrected chi connectivity index (χ2v) is 5.52. The molecule has 3 nitrogen and oxygen atoms in total. The van der Waals surface area contributed by atoms with Crippen LogP contribution in [0.4, 0.5) is 0 Å². The lowest BCUT2D eigenvalue weighted by molar-refractivity contribution is -0.137. The van der Waals surface area contributed by atoms with Crippen LogP contribution in [0.1, 0.15) is 25.7 Å². The van der Waals surface area contributed by atoms with Gasteiger partial charge in [-0.1, -0.05) is 49.0 Å². The standard InChI is InChI=1S/C21H24O3/c1-2-21(22)24-17-9-4-3-8-16-23-20-14-12-19(13-15-20)18-10-6-5-7-11-18/h2,5-7,10-15H,1,3-4,8-9,16-17H2. The minimum atomic E-state index is -0.350. The summed E-state index contributed by atoms with van der Waals surface area (Å²) in [4.78, 5) is 10.9. The van der Waals surface area contributed by atoms with Gasteiger partial charge in [0.15, 0.2) is 0 Å². The van der Waals surface area contributed by atoms with E-state index in [-0.39, 0.29) is 5.97 Å². The Bertz CT molecular complexity index is 617. The SMILES string of the molecule is C=CC(=O)OCCCCCCOc1ccc(-c2ccccc2)cc1. The Morgan fingerprint density at radius 1 is 0.833 bits per heavy atom. The summed E-state index contributed by atoms with van der Waals surface area (Å²) >= 11 is 0. The topological polar surface area (TPSA) is 35.5 Å². The summed E-state index contributed by atoms with van der Waals surface area (Å²) in [6.45, 7) is 4.53. The Kier molecular flexibility index (Phi) is 7.61. The lowest BCUT2D eigenvalue weighted by atomic mass is 10.1. The number of esters is 1. The first-order chi connectivity index (χ1) is 11.8. The van der Waals surface area contributed by atoms with Gasteiger partial charge in [-0.3, -0.25) is 0 Å². The van der Waals surface area contributed by atoms with Crippen LogP contribution in [0.2, 0.25) is 0 Å². The van der Waals surface area contributed by atoms with Crippen LogP contribution in [0.3, 0.4) is 0 Å².